The molecule has 1 aliphatic carbocycles. The average Bonchev–Trinajstić information content (AvgIpc) is 3.51. The van der Waals surface area contributed by atoms with E-state index in [-0.39, 0.29) is 18.8 Å². The van der Waals surface area contributed by atoms with Crippen LogP contribution in [0.3, 0.4) is 0 Å². The lowest BCUT2D eigenvalue weighted by atomic mass is 9.78. The number of likely N-dealkylation sites (tertiary alicyclic amines) is 1. The number of aliphatic hydroxyl groups excluding tert-OH is 1. The monoisotopic (exact) mass is 420 g/mol. The summed E-state index contributed by atoms with van der Waals surface area (Å²) in [7, 11) is 0. The molecule has 1 saturated heterocycles. The van der Waals surface area contributed by atoms with Crippen molar-refractivity contribution in [2.75, 3.05) is 19.9 Å². The van der Waals surface area contributed by atoms with Crippen LogP contribution in [-0.4, -0.2) is 52.4 Å². The summed E-state index contributed by atoms with van der Waals surface area (Å²) in [6.45, 7) is 1.59. The SMILES string of the molecule is O=C(c1ccc2ccccn12)N1C[C@H]2C[C@@H](Oc3ccc4c(c3)OCO4)[C@H](O)C[C@H]2C1. The summed E-state index contributed by atoms with van der Waals surface area (Å²) in [5.41, 5.74) is 1.69. The molecule has 0 unspecified atom stereocenters. The molecule has 1 amide bonds. The van der Waals surface area contributed by atoms with Gasteiger partial charge in [-0.2, -0.15) is 0 Å². The van der Waals surface area contributed by atoms with E-state index >= 15 is 0 Å². The van der Waals surface area contributed by atoms with Crippen molar-refractivity contribution in [3.63, 3.8) is 0 Å². The molecule has 0 spiro atoms. The lowest BCUT2D eigenvalue weighted by Crippen LogP contribution is -2.42. The summed E-state index contributed by atoms with van der Waals surface area (Å²) in [4.78, 5) is 15.1. The van der Waals surface area contributed by atoms with Crippen LogP contribution >= 0.6 is 0 Å². The summed E-state index contributed by atoms with van der Waals surface area (Å²) in [5.74, 6) is 2.69. The average molecular weight is 420 g/mol. The number of hydrogen-bond donors (Lipinski definition) is 1. The van der Waals surface area contributed by atoms with Gasteiger partial charge in [-0.1, -0.05) is 6.07 Å². The number of hydrogen-bond acceptors (Lipinski definition) is 5. The van der Waals surface area contributed by atoms with Crippen molar-refractivity contribution in [1.82, 2.24) is 9.30 Å². The van der Waals surface area contributed by atoms with Crippen molar-refractivity contribution < 1.29 is 24.1 Å². The number of aliphatic hydroxyl groups is 1. The second kappa shape index (κ2) is 7.20. The Kier molecular flexibility index (Phi) is 4.31. The first-order valence-electron chi connectivity index (χ1n) is 10.8. The van der Waals surface area contributed by atoms with Gasteiger partial charge in [-0.25, -0.2) is 0 Å². The number of fused-ring (bicyclic) bond motifs is 3. The Hall–Kier alpha value is -3.19. The van der Waals surface area contributed by atoms with E-state index in [0.29, 0.717) is 54.3 Å². The van der Waals surface area contributed by atoms with Gasteiger partial charge in [-0.15, -0.1) is 0 Å². The standard InChI is InChI=1S/C24H24N2O5/c27-20-9-15-12-25(24(28)19-6-4-17-3-1-2-8-26(17)19)13-16(15)10-22(20)31-18-5-7-21-23(11-18)30-14-29-21/h1-8,11,15-16,20,22,27H,9-10,12-14H2/t15-,16+,20+,22+/m0/s1. The van der Waals surface area contributed by atoms with Crippen LogP contribution in [0.2, 0.25) is 0 Å². The van der Waals surface area contributed by atoms with Crippen LogP contribution in [0.5, 0.6) is 17.2 Å². The first-order valence-corrected chi connectivity index (χ1v) is 10.8. The number of ether oxygens (including phenoxy) is 3. The second-order valence-electron chi connectivity index (χ2n) is 8.65. The predicted octanol–water partition coefficient (Wildman–Crippen LogP) is 2.96. The molecule has 4 atom stereocenters. The van der Waals surface area contributed by atoms with E-state index in [9.17, 15) is 9.90 Å². The molecule has 2 fully saturated rings. The smallest absolute Gasteiger partial charge is 0.270 e. The molecule has 1 aromatic carbocycles. The Bertz CT molecular complexity index is 1140. The first-order chi connectivity index (χ1) is 15.2. The van der Waals surface area contributed by atoms with Crippen molar-refractivity contribution in [2.24, 2.45) is 11.8 Å². The van der Waals surface area contributed by atoms with E-state index in [1.54, 1.807) is 0 Å². The van der Waals surface area contributed by atoms with Crippen molar-refractivity contribution in [3.05, 3.63) is 60.4 Å². The topological polar surface area (TPSA) is 72.6 Å². The van der Waals surface area contributed by atoms with Gasteiger partial charge in [0.25, 0.3) is 5.91 Å². The van der Waals surface area contributed by atoms with Crippen LogP contribution in [0.25, 0.3) is 5.52 Å². The molecular formula is C24H24N2O5. The summed E-state index contributed by atoms with van der Waals surface area (Å²) < 4.78 is 18.8. The van der Waals surface area contributed by atoms with Gasteiger partial charge in [0.15, 0.2) is 11.5 Å². The maximum absolute atomic E-state index is 13.2. The maximum Gasteiger partial charge on any atom is 0.270 e. The third-order valence-corrected chi connectivity index (χ3v) is 6.79. The highest BCUT2D eigenvalue weighted by molar-refractivity contribution is 5.94. The van der Waals surface area contributed by atoms with Crippen LogP contribution in [0.1, 0.15) is 23.3 Å². The maximum atomic E-state index is 13.2. The number of aromatic nitrogens is 1. The molecule has 2 aliphatic heterocycles. The molecule has 1 saturated carbocycles. The Morgan fingerprint density at radius 2 is 1.84 bits per heavy atom. The molecule has 4 heterocycles. The molecule has 0 radical (unpaired) electrons. The third-order valence-electron chi connectivity index (χ3n) is 6.79. The second-order valence-corrected chi connectivity index (χ2v) is 8.65. The first kappa shape index (κ1) is 18.6. The van der Waals surface area contributed by atoms with E-state index in [0.717, 1.165) is 11.9 Å². The fraction of sp³-hybridized carbons (Fsp3) is 0.375. The predicted molar refractivity (Wildman–Crippen MR) is 113 cm³/mol. The van der Waals surface area contributed by atoms with Crippen LogP contribution in [0.15, 0.2) is 54.7 Å². The van der Waals surface area contributed by atoms with Crippen molar-refractivity contribution in [2.45, 2.75) is 25.0 Å². The van der Waals surface area contributed by atoms with Crippen LogP contribution in [-0.2, 0) is 0 Å². The highest BCUT2D eigenvalue weighted by atomic mass is 16.7. The van der Waals surface area contributed by atoms with Gasteiger partial charge in [0.1, 0.15) is 17.5 Å². The summed E-state index contributed by atoms with van der Waals surface area (Å²) in [5, 5.41) is 10.7. The lowest BCUT2D eigenvalue weighted by Gasteiger charge is -2.35. The molecule has 7 nitrogen and oxygen atoms in total. The van der Waals surface area contributed by atoms with Gasteiger partial charge >= 0.3 is 0 Å². The molecule has 3 aromatic rings. The molecule has 6 rings (SSSR count). The molecule has 7 heteroatoms. The minimum Gasteiger partial charge on any atom is -0.488 e. The summed E-state index contributed by atoms with van der Waals surface area (Å²) in [6, 6.07) is 15.2. The molecular weight excluding hydrogens is 396 g/mol. The van der Waals surface area contributed by atoms with E-state index < -0.39 is 6.10 Å². The number of pyridine rings is 1. The van der Waals surface area contributed by atoms with Gasteiger partial charge < -0.3 is 28.6 Å². The van der Waals surface area contributed by atoms with E-state index in [2.05, 4.69) is 0 Å². The molecule has 31 heavy (non-hydrogen) atoms. The number of benzene rings is 1. The zero-order chi connectivity index (χ0) is 20.9. The van der Waals surface area contributed by atoms with Crippen molar-refractivity contribution in [1.29, 1.82) is 0 Å². The van der Waals surface area contributed by atoms with E-state index in [4.69, 9.17) is 14.2 Å². The van der Waals surface area contributed by atoms with Crippen LogP contribution in [0, 0.1) is 11.8 Å². The summed E-state index contributed by atoms with van der Waals surface area (Å²) in [6.07, 6.45) is 2.42. The zero-order valence-electron chi connectivity index (χ0n) is 17.0. The van der Waals surface area contributed by atoms with Gasteiger partial charge in [0.05, 0.1) is 6.10 Å². The van der Waals surface area contributed by atoms with Crippen LogP contribution in [0.4, 0.5) is 0 Å². The fourth-order valence-corrected chi connectivity index (χ4v) is 5.20. The quantitative estimate of drug-likeness (QED) is 0.705. The third kappa shape index (κ3) is 3.20. The summed E-state index contributed by atoms with van der Waals surface area (Å²) >= 11 is 0. The van der Waals surface area contributed by atoms with Crippen molar-refractivity contribution in [3.8, 4) is 17.2 Å². The van der Waals surface area contributed by atoms with Gasteiger partial charge in [0, 0.05) is 30.9 Å². The molecule has 1 N–H and O–H groups in total. The molecule has 2 aromatic heterocycles. The van der Waals surface area contributed by atoms with E-state index in [1.807, 2.05) is 64.0 Å². The number of nitrogens with zero attached hydrogens (tertiary/aromatic N) is 2. The van der Waals surface area contributed by atoms with Gasteiger partial charge in [-0.3, -0.25) is 4.79 Å². The Morgan fingerprint density at radius 1 is 1.00 bits per heavy atom. The Labute approximate surface area is 179 Å². The van der Waals surface area contributed by atoms with E-state index in [1.165, 1.54) is 0 Å². The lowest BCUT2D eigenvalue weighted by molar-refractivity contribution is -0.0232. The highest BCUT2D eigenvalue weighted by Gasteiger charge is 2.44. The normalized spacial score (nSPS) is 26.8. The molecule has 0 bridgehead atoms. The number of amides is 1. The number of carbonyl (C=O) groups is 1. The van der Waals surface area contributed by atoms with Gasteiger partial charge in [0.2, 0.25) is 6.79 Å². The minimum absolute atomic E-state index is 0.0447. The zero-order valence-corrected chi connectivity index (χ0v) is 17.0. The number of rotatable bonds is 3. The minimum atomic E-state index is -0.559. The largest absolute Gasteiger partial charge is 0.488 e. The Morgan fingerprint density at radius 3 is 2.74 bits per heavy atom. The van der Waals surface area contributed by atoms with Crippen molar-refractivity contribution >= 4 is 11.4 Å². The molecule has 160 valence electrons. The fourth-order valence-electron chi connectivity index (χ4n) is 5.20. The Balaban J connectivity index is 1.16. The van der Waals surface area contributed by atoms with Gasteiger partial charge in [-0.05, 0) is 61.1 Å². The molecule has 3 aliphatic rings. The number of carbonyl (C=O) groups excluding carboxylic acids is 1. The van der Waals surface area contributed by atoms with Crippen LogP contribution < -0.4 is 14.2 Å². The highest BCUT2D eigenvalue weighted by Crippen LogP contribution is 2.40.